The molecule has 102 valence electrons. The van der Waals surface area contributed by atoms with Crippen LogP contribution in [0.15, 0.2) is 20.1 Å². The summed E-state index contributed by atoms with van der Waals surface area (Å²) in [6.07, 6.45) is 2.99. The van der Waals surface area contributed by atoms with Gasteiger partial charge in [-0.15, -0.1) is 11.3 Å². The van der Waals surface area contributed by atoms with E-state index in [-0.39, 0.29) is 6.04 Å². The fourth-order valence-corrected chi connectivity index (χ4v) is 6.11. The Balaban J connectivity index is 2.27. The van der Waals surface area contributed by atoms with E-state index < -0.39 is 10.0 Å². The summed E-state index contributed by atoms with van der Waals surface area (Å²) in [7, 11) is -1.47. The molecule has 2 heterocycles. The minimum absolute atomic E-state index is 0.0784. The number of hydrogen-bond donors (Lipinski definition) is 1. The summed E-state index contributed by atoms with van der Waals surface area (Å²) >= 11 is 4.59. The van der Waals surface area contributed by atoms with Crippen molar-refractivity contribution < 1.29 is 8.42 Å². The summed E-state index contributed by atoms with van der Waals surface area (Å²) in [5.41, 5.74) is 0. The summed E-state index contributed by atoms with van der Waals surface area (Å²) in [6.45, 7) is 1.34. The van der Waals surface area contributed by atoms with Gasteiger partial charge in [-0.2, -0.15) is 4.31 Å². The van der Waals surface area contributed by atoms with Gasteiger partial charge in [0.1, 0.15) is 4.21 Å². The molecule has 1 aliphatic heterocycles. The first-order valence-electron chi connectivity index (χ1n) is 5.97. The molecule has 1 N–H and O–H groups in total. The number of likely N-dealkylation sites (N-methyl/N-ethyl adjacent to an activating group) is 1. The van der Waals surface area contributed by atoms with Crippen LogP contribution >= 0.6 is 27.3 Å². The van der Waals surface area contributed by atoms with Crippen LogP contribution in [0.2, 0.25) is 0 Å². The normalized spacial score (nSPS) is 22.2. The number of thiophene rings is 1. The molecule has 0 saturated carbocycles. The summed E-state index contributed by atoms with van der Waals surface area (Å²) < 4.78 is 28.1. The van der Waals surface area contributed by atoms with E-state index in [0.717, 1.165) is 23.0 Å². The number of nitrogens with one attached hydrogen (secondary N) is 1. The Morgan fingerprint density at radius 1 is 1.50 bits per heavy atom. The Morgan fingerprint density at radius 3 is 2.89 bits per heavy atom. The fourth-order valence-electron chi connectivity index (χ4n) is 2.28. The Kier molecular flexibility index (Phi) is 4.82. The Hall–Kier alpha value is 0.0500. The van der Waals surface area contributed by atoms with Crippen molar-refractivity contribution in [3.63, 3.8) is 0 Å². The lowest BCUT2D eigenvalue weighted by atomic mass is 10.1. The highest BCUT2D eigenvalue weighted by Crippen LogP contribution is 2.31. The van der Waals surface area contributed by atoms with E-state index in [1.165, 1.54) is 11.3 Å². The van der Waals surface area contributed by atoms with E-state index >= 15 is 0 Å². The molecule has 18 heavy (non-hydrogen) atoms. The Bertz CT molecular complexity index is 499. The lowest BCUT2D eigenvalue weighted by Gasteiger charge is -2.34. The van der Waals surface area contributed by atoms with Crippen LogP contribution in [0.4, 0.5) is 0 Å². The Morgan fingerprint density at radius 2 is 2.28 bits per heavy atom. The topological polar surface area (TPSA) is 49.4 Å². The van der Waals surface area contributed by atoms with Gasteiger partial charge in [0.15, 0.2) is 0 Å². The van der Waals surface area contributed by atoms with E-state index in [4.69, 9.17) is 0 Å². The first kappa shape index (κ1) is 14.5. The van der Waals surface area contributed by atoms with Crippen molar-refractivity contribution in [3.05, 3.63) is 15.9 Å². The molecular formula is C11H17BrN2O2S2. The van der Waals surface area contributed by atoms with E-state index in [0.29, 0.717) is 17.3 Å². The molecule has 0 amide bonds. The number of rotatable bonds is 4. The monoisotopic (exact) mass is 352 g/mol. The molecule has 4 nitrogen and oxygen atoms in total. The zero-order valence-corrected chi connectivity index (χ0v) is 13.4. The van der Waals surface area contributed by atoms with Crippen LogP contribution in [-0.2, 0) is 10.0 Å². The van der Waals surface area contributed by atoms with Gasteiger partial charge in [-0.3, -0.25) is 0 Å². The molecule has 1 aromatic rings. The molecule has 0 aliphatic carbocycles. The highest BCUT2D eigenvalue weighted by molar-refractivity contribution is 9.11. The summed E-state index contributed by atoms with van der Waals surface area (Å²) in [4.78, 5) is 0. The molecule has 0 aromatic carbocycles. The molecular weight excluding hydrogens is 336 g/mol. The molecule has 1 atom stereocenters. The third-order valence-electron chi connectivity index (χ3n) is 3.12. The standard InChI is InChI=1S/C11H17BrN2O2S2/c1-13-8-9-4-2-3-7-14(9)18(15,16)11-6-5-10(12)17-11/h5-6,9,13H,2-4,7-8H2,1H3. The van der Waals surface area contributed by atoms with E-state index in [2.05, 4.69) is 21.2 Å². The van der Waals surface area contributed by atoms with Crippen LogP contribution < -0.4 is 5.32 Å². The first-order chi connectivity index (χ1) is 8.55. The van der Waals surface area contributed by atoms with Gasteiger partial charge in [0, 0.05) is 19.1 Å². The number of sulfonamides is 1. The second-order valence-electron chi connectivity index (χ2n) is 4.38. The van der Waals surface area contributed by atoms with Crippen LogP contribution in [0.5, 0.6) is 0 Å². The molecule has 2 rings (SSSR count). The lowest BCUT2D eigenvalue weighted by molar-refractivity contribution is 0.249. The van der Waals surface area contributed by atoms with Gasteiger partial charge in [0.25, 0.3) is 10.0 Å². The van der Waals surface area contributed by atoms with Gasteiger partial charge >= 0.3 is 0 Å². The van der Waals surface area contributed by atoms with Gasteiger partial charge in [-0.05, 0) is 48.0 Å². The summed E-state index contributed by atoms with van der Waals surface area (Å²) in [6, 6.07) is 3.54. The minimum Gasteiger partial charge on any atom is -0.318 e. The predicted octanol–water partition coefficient (Wildman–Crippen LogP) is 2.27. The molecule has 0 spiro atoms. The fraction of sp³-hybridized carbons (Fsp3) is 0.636. The molecule has 0 bridgehead atoms. The second kappa shape index (κ2) is 6.00. The third-order valence-corrected chi connectivity index (χ3v) is 7.17. The lowest BCUT2D eigenvalue weighted by Crippen LogP contribution is -2.47. The number of halogens is 1. The molecule has 0 radical (unpaired) electrons. The van der Waals surface area contributed by atoms with Crippen LogP contribution in [0.1, 0.15) is 19.3 Å². The smallest absolute Gasteiger partial charge is 0.252 e. The molecule has 1 unspecified atom stereocenters. The van der Waals surface area contributed by atoms with Crippen molar-refractivity contribution in [2.24, 2.45) is 0 Å². The number of piperidine rings is 1. The average molecular weight is 353 g/mol. The molecule has 1 saturated heterocycles. The zero-order chi connectivity index (χ0) is 13.2. The van der Waals surface area contributed by atoms with Crippen molar-refractivity contribution >= 4 is 37.3 Å². The van der Waals surface area contributed by atoms with E-state index in [1.807, 2.05) is 7.05 Å². The zero-order valence-electron chi connectivity index (χ0n) is 10.2. The summed E-state index contributed by atoms with van der Waals surface area (Å²) in [5, 5.41) is 3.08. The van der Waals surface area contributed by atoms with Crippen molar-refractivity contribution in [2.45, 2.75) is 29.5 Å². The maximum Gasteiger partial charge on any atom is 0.252 e. The van der Waals surface area contributed by atoms with Crippen molar-refractivity contribution in [1.29, 1.82) is 0 Å². The number of nitrogens with zero attached hydrogens (tertiary/aromatic N) is 1. The highest BCUT2D eigenvalue weighted by atomic mass is 79.9. The van der Waals surface area contributed by atoms with Crippen molar-refractivity contribution in [3.8, 4) is 0 Å². The average Bonchev–Trinajstić information content (AvgIpc) is 2.78. The van der Waals surface area contributed by atoms with Gasteiger partial charge in [0.05, 0.1) is 3.79 Å². The van der Waals surface area contributed by atoms with Crippen LogP contribution in [0, 0.1) is 0 Å². The maximum atomic E-state index is 12.6. The quantitative estimate of drug-likeness (QED) is 0.904. The predicted molar refractivity (Wildman–Crippen MR) is 77.5 cm³/mol. The highest BCUT2D eigenvalue weighted by Gasteiger charge is 2.33. The van der Waals surface area contributed by atoms with Gasteiger partial charge < -0.3 is 5.32 Å². The first-order valence-corrected chi connectivity index (χ1v) is 9.02. The van der Waals surface area contributed by atoms with Gasteiger partial charge in [-0.1, -0.05) is 6.42 Å². The van der Waals surface area contributed by atoms with E-state index in [9.17, 15) is 8.42 Å². The molecule has 1 fully saturated rings. The van der Waals surface area contributed by atoms with Crippen LogP contribution in [-0.4, -0.2) is 38.9 Å². The van der Waals surface area contributed by atoms with Gasteiger partial charge in [0.2, 0.25) is 0 Å². The van der Waals surface area contributed by atoms with Crippen molar-refractivity contribution in [1.82, 2.24) is 9.62 Å². The third kappa shape index (κ3) is 2.96. The molecule has 1 aromatic heterocycles. The van der Waals surface area contributed by atoms with E-state index in [1.54, 1.807) is 16.4 Å². The second-order valence-corrected chi connectivity index (χ2v) is 8.96. The van der Waals surface area contributed by atoms with Crippen LogP contribution in [0.3, 0.4) is 0 Å². The minimum atomic E-state index is -3.33. The maximum absolute atomic E-state index is 12.6. The summed E-state index contributed by atoms with van der Waals surface area (Å²) in [5.74, 6) is 0. The molecule has 7 heteroatoms. The van der Waals surface area contributed by atoms with Crippen molar-refractivity contribution in [2.75, 3.05) is 20.1 Å². The molecule has 1 aliphatic rings. The van der Waals surface area contributed by atoms with Crippen LogP contribution in [0.25, 0.3) is 0 Å². The number of hydrogen-bond acceptors (Lipinski definition) is 4. The Labute approximate surface area is 121 Å². The van der Waals surface area contributed by atoms with Gasteiger partial charge in [-0.25, -0.2) is 8.42 Å². The largest absolute Gasteiger partial charge is 0.318 e. The SMILES string of the molecule is CNCC1CCCCN1S(=O)(=O)c1ccc(Br)s1.